The molecule has 0 radical (unpaired) electrons. The van der Waals surface area contributed by atoms with Gasteiger partial charge in [-0.05, 0) is 13.3 Å². The second-order valence-electron chi connectivity index (χ2n) is 2.36. The lowest BCUT2D eigenvalue weighted by molar-refractivity contribution is -0.141. The van der Waals surface area contributed by atoms with Crippen molar-refractivity contribution in [3.05, 3.63) is 11.1 Å². The summed E-state index contributed by atoms with van der Waals surface area (Å²) in [6.45, 7) is 2.23. The summed E-state index contributed by atoms with van der Waals surface area (Å²) in [5.74, 6) is 3.34. The van der Waals surface area contributed by atoms with Crippen LogP contribution >= 0.6 is 0 Å². The van der Waals surface area contributed by atoms with E-state index in [0.29, 0.717) is 0 Å². The molecule has 0 bridgehead atoms. The summed E-state index contributed by atoms with van der Waals surface area (Å²) < 4.78 is 36.2. The molecule has 0 amide bonds. The molecule has 0 atom stereocenters. The standard InChI is InChI=1S/C7H10F3NO2/c1-3-5(6(12)13-11)4(2)7(8,9)10/h3,11H2,1-2H3. The summed E-state index contributed by atoms with van der Waals surface area (Å²) in [7, 11) is 0. The van der Waals surface area contributed by atoms with E-state index in [1.54, 1.807) is 0 Å². The molecule has 0 aliphatic heterocycles. The van der Waals surface area contributed by atoms with Crippen molar-refractivity contribution in [2.75, 3.05) is 0 Å². The van der Waals surface area contributed by atoms with E-state index in [-0.39, 0.29) is 6.42 Å². The third-order valence-corrected chi connectivity index (χ3v) is 1.58. The van der Waals surface area contributed by atoms with Crippen molar-refractivity contribution < 1.29 is 22.8 Å². The smallest absolute Gasteiger partial charge is 0.370 e. The maximum atomic E-state index is 12.1. The number of carbonyl (C=O) groups excluding carboxylic acids is 1. The van der Waals surface area contributed by atoms with E-state index >= 15 is 0 Å². The van der Waals surface area contributed by atoms with E-state index < -0.39 is 23.3 Å². The second-order valence-corrected chi connectivity index (χ2v) is 2.36. The minimum absolute atomic E-state index is 0.0681. The molecule has 0 saturated carbocycles. The average molecular weight is 197 g/mol. The molecule has 3 nitrogen and oxygen atoms in total. The Morgan fingerprint density at radius 2 is 1.92 bits per heavy atom. The Balaban J connectivity index is 5.02. The Kier molecular flexibility index (Phi) is 3.93. The molecule has 6 heteroatoms. The lowest BCUT2D eigenvalue weighted by Crippen LogP contribution is -2.19. The molecular formula is C7H10F3NO2. The monoisotopic (exact) mass is 197 g/mol. The van der Waals surface area contributed by atoms with Crippen LogP contribution in [-0.2, 0) is 9.63 Å². The lowest BCUT2D eigenvalue weighted by atomic mass is 10.1. The summed E-state index contributed by atoms with van der Waals surface area (Å²) in [6.07, 6.45) is -4.58. The first-order chi connectivity index (χ1) is 5.84. The molecule has 0 aromatic heterocycles. The minimum Gasteiger partial charge on any atom is -0.370 e. The van der Waals surface area contributed by atoms with Gasteiger partial charge in [-0.25, -0.2) is 4.79 Å². The zero-order chi connectivity index (χ0) is 10.6. The third-order valence-electron chi connectivity index (χ3n) is 1.58. The van der Waals surface area contributed by atoms with Crippen LogP contribution in [0.5, 0.6) is 0 Å². The number of alkyl halides is 3. The van der Waals surface area contributed by atoms with E-state index in [1.165, 1.54) is 6.92 Å². The van der Waals surface area contributed by atoms with Crippen LogP contribution in [0.2, 0.25) is 0 Å². The topological polar surface area (TPSA) is 52.3 Å². The number of nitrogens with two attached hydrogens (primary N) is 1. The highest BCUT2D eigenvalue weighted by molar-refractivity contribution is 5.89. The van der Waals surface area contributed by atoms with Gasteiger partial charge in [-0.15, -0.1) is 0 Å². The van der Waals surface area contributed by atoms with Gasteiger partial charge in [0.1, 0.15) is 0 Å². The van der Waals surface area contributed by atoms with Crippen LogP contribution in [0.3, 0.4) is 0 Å². The highest BCUT2D eigenvalue weighted by Crippen LogP contribution is 2.29. The molecule has 0 heterocycles. The minimum atomic E-state index is -4.51. The summed E-state index contributed by atoms with van der Waals surface area (Å²) in [5.41, 5.74) is -1.42. The van der Waals surface area contributed by atoms with Crippen LogP contribution in [-0.4, -0.2) is 12.1 Å². The summed E-state index contributed by atoms with van der Waals surface area (Å²) in [5, 5.41) is 0. The largest absolute Gasteiger partial charge is 0.412 e. The van der Waals surface area contributed by atoms with Crippen LogP contribution in [0, 0.1) is 0 Å². The zero-order valence-corrected chi connectivity index (χ0v) is 7.23. The zero-order valence-electron chi connectivity index (χ0n) is 7.23. The van der Waals surface area contributed by atoms with Gasteiger partial charge in [-0.1, -0.05) is 6.92 Å². The maximum Gasteiger partial charge on any atom is 0.412 e. The molecule has 0 aromatic rings. The van der Waals surface area contributed by atoms with Crippen LogP contribution in [0.4, 0.5) is 13.2 Å². The summed E-state index contributed by atoms with van der Waals surface area (Å²) in [4.78, 5) is 14.4. The molecule has 76 valence electrons. The molecule has 0 aliphatic rings. The summed E-state index contributed by atoms with van der Waals surface area (Å²) >= 11 is 0. The number of hydrogen-bond acceptors (Lipinski definition) is 3. The molecule has 0 saturated heterocycles. The van der Waals surface area contributed by atoms with E-state index in [0.717, 1.165) is 6.92 Å². The molecule has 0 aliphatic carbocycles. The Bertz CT molecular complexity index is 232. The van der Waals surface area contributed by atoms with Crippen LogP contribution in [0.25, 0.3) is 0 Å². The van der Waals surface area contributed by atoms with E-state index in [9.17, 15) is 18.0 Å². The maximum absolute atomic E-state index is 12.1. The Hall–Kier alpha value is -1.04. The van der Waals surface area contributed by atoms with Crippen LogP contribution in [0.1, 0.15) is 20.3 Å². The fourth-order valence-corrected chi connectivity index (χ4v) is 0.805. The predicted molar refractivity (Wildman–Crippen MR) is 39.3 cm³/mol. The highest BCUT2D eigenvalue weighted by Gasteiger charge is 2.34. The van der Waals surface area contributed by atoms with Crippen molar-refractivity contribution in [2.45, 2.75) is 26.4 Å². The number of allylic oxidation sites excluding steroid dienone is 1. The molecular weight excluding hydrogens is 187 g/mol. The predicted octanol–water partition coefficient (Wildman–Crippen LogP) is 1.69. The van der Waals surface area contributed by atoms with Gasteiger partial charge in [0.25, 0.3) is 0 Å². The molecule has 13 heavy (non-hydrogen) atoms. The van der Waals surface area contributed by atoms with Gasteiger partial charge in [-0.2, -0.15) is 19.1 Å². The Morgan fingerprint density at radius 1 is 1.46 bits per heavy atom. The lowest BCUT2D eigenvalue weighted by Gasteiger charge is -2.10. The number of rotatable bonds is 2. The van der Waals surface area contributed by atoms with Gasteiger partial charge in [-0.3, -0.25) is 0 Å². The van der Waals surface area contributed by atoms with Crippen LogP contribution < -0.4 is 5.90 Å². The number of carbonyl (C=O) groups is 1. The van der Waals surface area contributed by atoms with Gasteiger partial charge < -0.3 is 4.84 Å². The van der Waals surface area contributed by atoms with Crippen LogP contribution in [0.15, 0.2) is 11.1 Å². The van der Waals surface area contributed by atoms with Crippen molar-refractivity contribution >= 4 is 5.97 Å². The highest BCUT2D eigenvalue weighted by atomic mass is 19.4. The molecule has 0 unspecified atom stereocenters. The first-order valence-corrected chi connectivity index (χ1v) is 3.52. The quantitative estimate of drug-likeness (QED) is 0.541. The van der Waals surface area contributed by atoms with Gasteiger partial charge in [0.15, 0.2) is 0 Å². The molecule has 0 spiro atoms. The van der Waals surface area contributed by atoms with Crippen molar-refractivity contribution in [1.82, 2.24) is 0 Å². The van der Waals surface area contributed by atoms with E-state index in [4.69, 9.17) is 0 Å². The fourth-order valence-electron chi connectivity index (χ4n) is 0.805. The molecule has 0 rings (SSSR count). The normalized spacial score (nSPS) is 13.7. The molecule has 0 fully saturated rings. The first-order valence-electron chi connectivity index (χ1n) is 3.52. The van der Waals surface area contributed by atoms with E-state index in [2.05, 4.69) is 10.7 Å². The van der Waals surface area contributed by atoms with E-state index in [1.807, 2.05) is 0 Å². The second kappa shape index (κ2) is 4.27. The number of hydrogen-bond donors (Lipinski definition) is 1. The van der Waals surface area contributed by atoms with Crippen molar-refractivity contribution in [3.63, 3.8) is 0 Å². The Labute approximate surface area is 73.3 Å². The molecule has 2 N–H and O–H groups in total. The van der Waals surface area contributed by atoms with Gasteiger partial charge >= 0.3 is 12.1 Å². The fraction of sp³-hybridized carbons (Fsp3) is 0.571. The Morgan fingerprint density at radius 3 is 2.15 bits per heavy atom. The van der Waals surface area contributed by atoms with Crippen molar-refractivity contribution in [2.24, 2.45) is 5.90 Å². The average Bonchev–Trinajstić information content (AvgIpc) is 2.03. The summed E-state index contributed by atoms with van der Waals surface area (Å²) in [6, 6.07) is 0. The third kappa shape index (κ3) is 3.06. The van der Waals surface area contributed by atoms with Gasteiger partial charge in [0.2, 0.25) is 0 Å². The molecule has 0 aromatic carbocycles. The first kappa shape index (κ1) is 12.0. The van der Waals surface area contributed by atoms with Gasteiger partial charge in [0.05, 0.1) is 0 Å². The number of halogens is 3. The van der Waals surface area contributed by atoms with Crippen molar-refractivity contribution in [1.29, 1.82) is 0 Å². The SMILES string of the molecule is CCC(C(=O)ON)=C(C)C(F)(F)F. The van der Waals surface area contributed by atoms with Crippen molar-refractivity contribution in [3.8, 4) is 0 Å². The van der Waals surface area contributed by atoms with Gasteiger partial charge in [0, 0.05) is 11.1 Å².